The maximum atomic E-state index is 5.35. The number of benzene rings is 1. The van der Waals surface area contributed by atoms with Crippen LogP contribution in [0.4, 0.5) is 0 Å². The highest BCUT2D eigenvalue weighted by molar-refractivity contribution is 7.99. The number of isothiocyanates is 1. The average molecular weight is 239 g/mol. The Morgan fingerprint density at radius 2 is 2.13 bits per heavy atom. The molecule has 0 radical (unpaired) electrons. The summed E-state index contributed by atoms with van der Waals surface area (Å²) >= 11 is 6.24. The van der Waals surface area contributed by atoms with E-state index in [0.717, 1.165) is 18.0 Å². The van der Waals surface area contributed by atoms with E-state index in [1.807, 2.05) is 19.1 Å². The van der Waals surface area contributed by atoms with Gasteiger partial charge in [0.2, 0.25) is 0 Å². The molecule has 1 aromatic carbocycles. The number of hydrogen-bond donors (Lipinski definition) is 0. The van der Waals surface area contributed by atoms with E-state index in [9.17, 15) is 0 Å². The smallest absolute Gasteiger partial charge is 0.119 e. The van der Waals surface area contributed by atoms with Gasteiger partial charge in [0.25, 0.3) is 0 Å². The van der Waals surface area contributed by atoms with Crippen molar-refractivity contribution in [3.63, 3.8) is 0 Å². The van der Waals surface area contributed by atoms with Crippen LogP contribution in [0.2, 0.25) is 0 Å². The minimum Gasteiger partial charge on any atom is -0.494 e. The third-order valence-electron chi connectivity index (χ3n) is 1.67. The van der Waals surface area contributed by atoms with E-state index >= 15 is 0 Å². The summed E-state index contributed by atoms with van der Waals surface area (Å²) in [5.74, 6) is 1.84. The number of thiocarbonyl (C=S) groups is 1. The van der Waals surface area contributed by atoms with Gasteiger partial charge in [-0.2, -0.15) is 0 Å². The van der Waals surface area contributed by atoms with Crippen molar-refractivity contribution in [1.29, 1.82) is 0 Å². The summed E-state index contributed by atoms with van der Waals surface area (Å²) in [6.07, 6.45) is 0. The molecule has 0 amide bonds. The number of aliphatic imine (C=N–C) groups is 1. The summed E-state index contributed by atoms with van der Waals surface area (Å²) in [4.78, 5) is 5.07. The second kappa shape index (κ2) is 7.46. The summed E-state index contributed by atoms with van der Waals surface area (Å²) in [6, 6.07) is 8.07. The van der Waals surface area contributed by atoms with Crippen molar-refractivity contribution >= 4 is 29.1 Å². The van der Waals surface area contributed by atoms with E-state index in [2.05, 4.69) is 34.5 Å². The lowest BCUT2D eigenvalue weighted by Crippen LogP contribution is -1.90. The van der Waals surface area contributed by atoms with Crippen LogP contribution in [0.15, 0.2) is 34.2 Å². The monoisotopic (exact) mass is 239 g/mol. The molecule has 0 atom stereocenters. The van der Waals surface area contributed by atoms with Gasteiger partial charge >= 0.3 is 0 Å². The number of hydrogen-bond acceptors (Lipinski definition) is 4. The molecule has 0 fully saturated rings. The van der Waals surface area contributed by atoms with Crippen molar-refractivity contribution in [3.05, 3.63) is 24.3 Å². The highest BCUT2D eigenvalue weighted by atomic mass is 32.2. The van der Waals surface area contributed by atoms with E-state index in [1.54, 1.807) is 11.8 Å². The molecule has 2 nitrogen and oxygen atoms in total. The zero-order valence-corrected chi connectivity index (χ0v) is 10.2. The van der Waals surface area contributed by atoms with Gasteiger partial charge in [-0.25, -0.2) is 4.99 Å². The van der Waals surface area contributed by atoms with E-state index in [-0.39, 0.29) is 0 Å². The van der Waals surface area contributed by atoms with Crippen molar-refractivity contribution in [1.82, 2.24) is 0 Å². The lowest BCUT2D eigenvalue weighted by molar-refractivity contribution is 0.340. The average Bonchev–Trinajstić information content (AvgIpc) is 2.27. The Kier molecular flexibility index (Phi) is 6.09. The fourth-order valence-corrected chi connectivity index (χ4v) is 1.89. The van der Waals surface area contributed by atoms with E-state index < -0.39 is 0 Å². The second-order valence-corrected chi connectivity index (χ2v) is 4.08. The summed E-state index contributed by atoms with van der Waals surface area (Å²) in [5, 5.41) is 2.35. The van der Waals surface area contributed by atoms with Gasteiger partial charge in [0.15, 0.2) is 0 Å². The lowest BCUT2D eigenvalue weighted by atomic mass is 10.3. The quantitative estimate of drug-likeness (QED) is 0.329. The van der Waals surface area contributed by atoms with Crippen molar-refractivity contribution < 1.29 is 4.74 Å². The van der Waals surface area contributed by atoms with E-state index in [1.165, 1.54) is 4.90 Å². The van der Waals surface area contributed by atoms with Crippen LogP contribution < -0.4 is 4.74 Å². The first-order chi connectivity index (χ1) is 7.36. The highest BCUT2D eigenvalue weighted by Crippen LogP contribution is 2.21. The molecule has 0 spiro atoms. The molecule has 0 heterocycles. The third-order valence-corrected chi connectivity index (χ3v) is 2.79. The number of rotatable bonds is 6. The maximum Gasteiger partial charge on any atom is 0.119 e. The van der Waals surface area contributed by atoms with Crippen LogP contribution >= 0.6 is 24.0 Å². The molecule has 0 aliphatic rings. The first-order valence-electron chi connectivity index (χ1n) is 4.76. The van der Waals surface area contributed by atoms with Crippen molar-refractivity contribution in [2.45, 2.75) is 11.8 Å². The Labute approximate surface area is 99.7 Å². The van der Waals surface area contributed by atoms with Gasteiger partial charge in [0.05, 0.1) is 18.3 Å². The Morgan fingerprint density at radius 3 is 2.73 bits per heavy atom. The van der Waals surface area contributed by atoms with Crippen LogP contribution in [0.1, 0.15) is 6.92 Å². The first kappa shape index (κ1) is 12.2. The van der Waals surface area contributed by atoms with Crippen LogP contribution in [-0.4, -0.2) is 24.1 Å². The van der Waals surface area contributed by atoms with Crippen LogP contribution in [-0.2, 0) is 0 Å². The molecule has 1 aromatic rings. The Bertz CT molecular complexity index is 331. The summed E-state index contributed by atoms with van der Waals surface area (Å²) in [7, 11) is 0. The zero-order chi connectivity index (χ0) is 10.9. The van der Waals surface area contributed by atoms with Gasteiger partial charge < -0.3 is 4.74 Å². The fourth-order valence-electron chi connectivity index (χ4n) is 1.05. The molecule has 80 valence electrons. The molecule has 0 aliphatic carbocycles. The van der Waals surface area contributed by atoms with E-state index in [0.29, 0.717) is 6.61 Å². The minimum atomic E-state index is 0.704. The van der Waals surface area contributed by atoms with E-state index in [4.69, 9.17) is 4.74 Å². The molecule has 1 rings (SSSR count). The Balaban J connectivity index is 2.38. The van der Waals surface area contributed by atoms with Gasteiger partial charge in [0.1, 0.15) is 5.75 Å². The van der Waals surface area contributed by atoms with Gasteiger partial charge in [-0.1, -0.05) is 0 Å². The molecule has 0 saturated carbocycles. The summed E-state index contributed by atoms with van der Waals surface area (Å²) < 4.78 is 5.35. The first-order valence-corrected chi connectivity index (χ1v) is 6.15. The molecular weight excluding hydrogens is 226 g/mol. The number of ether oxygens (including phenoxy) is 1. The molecule has 15 heavy (non-hydrogen) atoms. The largest absolute Gasteiger partial charge is 0.494 e. The molecule has 0 unspecified atom stereocenters. The van der Waals surface area contributed by atoms with Gasteiger partial charge in [-0.15, -0.1) is 11.8 Å². The number of nitrogens with zero attached hydrogens (tertiary/aromatic N) is 1. The molecule has 0 aromatic heterocycles. The van der Waals surface area contributed by atoms with Gasteiger partial charge in [-0.3, -0.25) is 0 Å². The lowest BCUT2D eigenvalue weighted by Gasteiger charge is -2.03. The number of thioether (sulfide) groups is 1. The molecular formula is C11H13NOS2. The normalized spacial score (nSPS) is 9.40. The van der Waals surface area contributed by atoms with Crippen molar-refractivity contribution in [2.75, 3.05) is 18.9 Å². The fraction of sp³-hybridized carbons (Fsp3) is 0.364. The van der Waals surface area contributed by atoms with Crippen LogP contribution in [0.25, 0.3) is 0 Å². The Hall–Kier alpha value is -0.830. The molecule has 0 N–H and O–H groups in total. The van der Waals surface area contributed by atoms with Crippen LogP contribution in [0, 0.1) is 0 Å². The predicted octanol–water partition coefficient (Wildman–Crippen LogP) is 3.28. The SMILES string of the molecule is CCOc1ccc(SCCN=C=S)cc1. The van der Waals surface area contributed by atoms with Crippen molar-refractivity contribution in [3.8, 4) is 5.75 Å². The Morgan fingerprint density at radius 1 is 1.40 bits per heavy atom. The summed E-state index contributed by atoms with van der Waals surface area (Å²) in [6.45, 7) is 3.41. The van der Waals surface area contributed by atoms with Crippen LogP contribution in [0.5, 0.6) is 5.75 Å². The van der Waals surface area contributed by atoms with Crippen molar-refractivity contribution in [2.24, 2.45) is 4.99 Å². The third kappa shape index (κ3) is 4.98. The predicted molar refractivity (Wildman–Crippen MR) is 68.2 cm³/mol. The highest BCUT2D eigenvalue weighted by Gasteiger charge is 1.95. The summed E-state index contributed by atoms with van der Waals surface area (Å²) in [5.41, 5.74) is 0. The molecule has 0 bridgehead atoms. The topological polar surface area (TPSA) is 21.6 Å². The van der Waals surface area contributed by atoms with Gasteiger partial charge in [-0.05, 0) is 43.4 Å². The van der Waals surface area contributed by atoms with Gasteiger partial charge in [0, 0.05) is 10.6 Å². The minimum absolute atomic E-state index is 0.704. The standard InChI is InChI=1S/C11H13NOS2/c1-2-13-10-3-5-11(6-4-10)15-8-7-12-9-14/h3-6H,2,7-8H2,1H3. The second-order valence-electron chi connectivity index (χ2n) is 2.73. The maximum absolute atomic E-state index is 5.35. The van der Waals surface area contributed by atoms with Crippen LogP contribution in [0.3, 0.4) is 0 Å². The molecule has 0 saturated heterocycles. The molecule has 4 heteroatoms. The molecule has 0 aliphatic heterocycles. The zero-order valence-electron chi connectivity index (χ0n) is 8.60.